The lowest BCUT2D eigenvalue weighted by Gasteiger charge is -2.62. The Morgan fingerprint density at radius 3 is 1.24 bits per heavy atom. The third-order valence-electron chi connectivity index (χ3n) is 35.9. The van der Waals surface area contributed by atoms with Gasteiger partial charge in [-0.3, -0.25) is 4.79 Å². The van der Waals surface area contributed by atoms with E-state index in [1.54, 1.807) is 7.11 Å². The van der Waals surface area contributed by atoms with Crippen LogP contribution in [0.5, 0.6) is 0 Å². The number of carbonyl (C=O) groups excluding carboxylic acids is 1. The number of aliphatic hydroxyl groups is 3. The average molecular weight is 1320 g/mol. The standard InChI is InChI=1S/C28H45NO4.C27H45NO3.C27H42O4/c1-16-8-11-28(32-15-16)17(2)25-23(33-28)13-22-20-7-6-18-12-19(30)9-10-26(18,3)21(20)14-24(29-31-5)27(22,25)4;1-15-7-10-27(30-14-15)16(2)24-22(31-27)12-21-19-6-5-17-11-18(29)8-9-25(17,3)20(19)13-23(28)26(21,24)4;1-15-7-10-27(30-14-15)16(2)24-22(31-27)12-21-19-6-5-17-11-18(28)8-9-25(17,3)20(19)13-23(29)26(21,24)4/h16-23,25,30H,6-15H2,1-5H3;15-24,29H,5-14,28H2,1-4H3;15-22,24,28H,5-14H2,1-4H3/t16-,17+,18?,19+,20?,21?,22?,23?,25?,26+,27-,28-;15-,16+,17?,18+,19?,20?,21?,22?,23-,24?,25+,26-,27-;15-,16+,17?,18+,19?,20?,21?,22?,24?,25+,26-,27-/m111/s1. The van der Waals surface area contributed by atoms with Crippen molar-refractivity contribution in [2.45, 2.75) is 316 Å². The van der Waals surface area contributed by atoms with E-state index in [1.165, 1.54) is 76.3 Å². The van der Waals surface area contributed by atoms with Crippen molar-refractivity contribution in [2.75, 3.05) is 26.9 Å². The van der Waals surface area contributed by atoms with Gasteiger partial charge in [-0.05, 0) is 258 Å². The molecule has 3 spiro atoms. The van der Waals surface area contributed by atoms with E-state index in [0.29, 0.717) is 123 Å². The molecule has 18 rings (SSSR count). The summed E-state index contributed by atoms with van der Waals surface area (Å²) < 4.78 is 40.0. The van der Waals surface area contributed by atoms with Crippen LogP contribution in [0.15, 0.2) is 5.16 Å². The third kappa shape index (κ3) is 9.90. The molecule has 13 heteroatoms. The van der Waals surface area contributed by atoms with Crippen molar-refractivity contribution in [2.24, 2.45) is 168 Å². The number of fused-ring (bicyclic) bond motifs is 21. The molecule has 12 aliphatic carbocycles. The van der Waals surface area contributed by atoms with Crippen LogP contribution in [-0.2, 0) is 38.1 Å². The molecule has 18 aliphatic rings. The van der Waals surface area contributed by atoms with Crippen LogP contribution in [-0.4, -0.2) is 114 Å². The number of nitrogens with two attached hydrogens (primary N) is 1. The highest BCUT2D eigenvalue weighted by Crippen LogP contribution is 2.75. The largest absolute Gasteiger partial charge is 0.399 e. The first-order chi connectivity index (χ1) is 45.1. The first kappa shape index (κ1) is 68.2. The Morgan fingerprint density at radius 2 is 0.811 bits per heavy atom. The minimum Gasteiger partial charge on any atom is -0.399 e. The van der Waals surface area contributed by atoms with Gasteiger partial charge in [-0.25, -0.2) is 0 Å². The van der Waals surface area contributed by atoms with E-state index in [-0.39, 0.29) is 69.9 Å². The van der Waals surface area contributed by atoms with Gasteiger partial charge in [0.1, 0.15) is 12.9 Å². The van der Waals surface area contributed by atoms with Crippen LogP contribution < -0.4 is 5.73 Å². The number of nitrogens with zero attached hydrogens (tertiary/aromatic N) is 1. The average Bonchev–Trinajstić information content (AvgIpc) is 1.57. The quantitative estimate of drug-likeness (QED) is 0.183. The van der Waals surface area contributed by atoms with E-state index in [1.807, 2.05) is 0 Å². The molecule has 6 heterocycles. The van der Waals surface area contributed by atoms with Crippen LogP contribution in [0.1, 0.15) is 256 Å². The summed E-state index contributed by atoms with van der Waals surface area (Å²) in [4.78, 5) is 19.5. The van der Waals surface area contributed by atoms with Crippen LogP contribution in [0.25, 0.3) is 0 Å². The molecule has 18 fully saturated rings. The van der Waals surface area contributed by atoms with E-state index in [4.69, 9.17) is 44.1 Å². The zero-order chi connectivity index (χ0) is 66.7. The van der Waals surface area contributed by atoms with Gasteiger partial charge in [-0.15, -0.1) is 0 Å². The summed E-state index contributed by atoms with van der Waals surface area (Å²) in [6.45, 7) is 31.3. The van der Waals surface area contributed by atoms with E-state index < -0.39 is 11.6 Å². The number of ketones is 1. The summed E-state index contributed by atoms with van der Waals surface area (Å²) in [5.74, 6) is 11.3. The van der Waals surface area contributed by atoms with Gasteiger partial charge in [-0.2, -0.15) is 0 Å². The number of carbonyl (C=O) groups is 1. The second-order valence-corrected chi connectivity index (χ2v) is 39.5. The molecule has 95 heavy (non-hydrogen) atoms. The summed E-state index contributed by atoms with van der Waals surface area (Å²) in [6.07, 6.45) is 30.3. The first-order valence-electron chi connectivity index (χ1n) is 40.5. The molecule has 0 aromatic carbocycles. The lowest BCUT2D eigenvalue weighted by molar-refractivity contribution is -0.273. The van der Waals surface area contributed by atoms with Gasteiger partial charge in [0.2, 0.25) is 0 Å². The van der Waals surface area contributed by atoms with Crippen molar-refractivity contribution in [1.82, 2.24) is 0 Å². The van der Waals surface area contributed by atoms with Gasteiger partial charge < -0.3 is 54.3 Å². The lowest BCUT2D eigenvalue weighted by Crippen LogP contribution is -2.61. The van der Waals surface area contributed by atoms with Crippen LogP contribution in [0.2, 0.25) is 0 Å². The predicted molar refractivity (Wildman–Crippen MR) is 367 cm³/mol. The maximum absolute atomic E-state index is 14.0. The molecule has 37 atom stereocenters. The highest BCUT2D eigenvalue weighted by atomic mass is 16.7. The molecule has 18 unspecified atom stereocenters. The fourth-order valence-electron chi connectivity index (χ4n) is 30.4. The molecule has 536 valence electrons. The van der Waals surface area contributed by atoms with Crippen molar-refractivity contribution in [1.29, 1.82) is 0 Å². The Balaban J connectivity index is 0.000000112. The lowest BCUT2D eigenvalue weighted by atomic mass is 9.43. The van der Waals surface area contributed by atoms with E-state index in [2.05, 4.69) is 83.1 Å². The second kappa shape index (κ2) is 23.9. The molecule has 0 aromatic rings. The number of hydrogen-bond donors (Lipinski definition) is 4. The van der Waals surface area contributed by atoms with Gasteiger partial charge in [0.25, 0.3) is 0 Å². The second-order valence-electron chi connectivity index (χ2n) is 39.5. The zero-order valence-corrected chi connectivity index (χ0v) is 61.5. The fraction of sp³-hybridized carbons (Fsp3) is 0.976. The number of aliphatic hydroxyl groups excluding tert-OH is 3. The molecule has 0 radical (unpaired) electrons. The van der Waals surface area contributed by atoms with Crippen LogP contribution in [0, 0.1) is 157 Å². The SMILES string of the molecule is CON=C1CC2C(CCC3C[C@@H](O)CC[C@@]32C)C2CC3O[C@]4(CC[C@@H](C)CO4)[C@@H](C)C3[C@@]12C.C[C@@H]1CC[C@@]2(OC1)OC1CC3C4CCC5C[C@@H](O)CC[C@]5(C)C4CC(=O)[C@]3(C)C1[C@@H]2C.C[C@@H]1CC[C@@]2(OC1)OC1CC3C4CCC5C[C@@H](O)CC[C@]5(C)C4C[C@@H](N)[C@]3(C)C1[C@@H]2C. The molecule has 0 bridgehead atoms. The van der Waals surface area contributed by atoms with Crippen LogP contribution in [0.4, 0.5) is 0 Å². The topological polar surface area (TPSA) is 181 Å². The van der Waals surface area contributed by atoms with Crippen LogP contribution in [0.3, 0.4) is 0 Å². The molecule has 0 aromatic heterocycles. The molecule has 12 saturated carbocycles. The summed E-state index contributed by atoms with van der Waals surface area (Å²) in [7, 11) is 1.72. The van der Waals surface area contributed by atoms with Crippen molar-refractivity contribution < 1.29 is 53.4 Å². The highest BCUT2D eigenvalue weighted by molar-refractivity contribution is 5.92. The monoisotopic (exact) mass is 1320 g/mol. The predicted octanol–water partition coefficient (Wildman–Crippen LogP) is 15.1. The fourth-order valence-corrected chi connectivity index (χ4v) is 30.4. The molecular formula is C82H132N2O11. The van der Waals surface area contributed by atoms with Gasteiger partial charge >= 0.3 is 0 Å². The Bertz CT molecular complexity index is 2880. The molecule has 6 aliphatic heterocycles. The minimum atomic E-state index is -0.448. The number of ether oxygens (including phenoxy) is 6. The maximum atomic E-state index is 14.0. The molecule has 5 N–H and O–H groups in total. The Hall–Kier alpha value is -1.26. The zero-order valence-electron chi connectivity index (χ0n) is 61.5. The van der Waals surface area contributed by atoms with Crippen molar-refractivity contribution in [3.05, 3.63) is 0 Å². The molecular weight excluding hydrogens is 1190 g/mol. The summed E-state index contributed by atoms with van der Waals surface area (Å²) in [5, 5.41) is 35.8. The minimum absolute atomic E-state index is 0.0224. The Labute approximate surface area is 573 Å². The number of oxime groups is 1. The normalized spacial score (nSPS) is 61.1. The first-order valence-corrected chi connectivity index (χ1v) is 40.5. The summed E-state index contributed by atoms with van der Waals surface area (Å²) in [5.41, 5.74) is 9.31. The number of rotatable bonds is 1. The van der Waals surface area contributed by atoms with E-state index in [0.717, 1.165) is 140 Å². The number of hydrogen-bond acceptors (Lipinski definition) is 13. The Kier molecular flexibility index (Phi) is 17.1. The van der Waals surface area contributed by atoms with Gasteiger partial charge in [0.15, 0.2) is 17.4 Å². The van der Waals surface area contributed by atoms with Crippen LogP contribution >= 0.6 is 0 Å². The highest BCUT2D eigenvalue weighted by Gasteiger charge is 2.75. The van der Waals surface area contributed by atoms with Crippen molar-refractivity contribution in [3.63, 3.8) is 0 Å². The molecule has 6 saturated heterocycles. The summed E-state index contributed by atoms with van der Waals surface area (Å²) >= 11 is 0. The molecule has 13 nitrogen and oxygen atoms in total. The van der Waals surface area contributed by atoms with Gasteiger partial charge in [0.05, 0.1) is 62.2 Å². The van der Waals surface area contributed by atoms with E-state index in [9.17, 15) is 20.1 Å². The van der Waals surface area contributed by atoms with Gasteiger partial charge in [-0.1, -0.05) is 88.2 Å². The van der Waals surface area contributed by atoms with Gasteiger partial charge in [0, 0.05) is 78.1 Å². The maximum Gasteiger partial charge on any atom is 0.171 e. The smallest absolute Gasteiger partial charge is 0.171 e. The third-order valence-corrected chi connectivity index (χ3v) is 35.9. The summed E-state index contributed by atoms with van der Waals surface area (Å²) in [6, 6.07) is 0.250. The molecule has 0 amide bonds. The van der Waals surface area contributed by atoms with Crippen molar-refractivity contribution in [3.8, 4) is 0 Å². The Morgan fingerprint density at radius 1 is 0.432 bits per heavy atom. The van der Waals surface area contributed by atoms with Crippen molar-refractivity contribution >= 4 is 11.5 Å². The number of Topliss-reactive ketones (excluding diaryl/α,β-unsaturated/α-hetero) is 1. The van der Waals surface area contributed by atoms with E-state index >= 15 is 0 Å².